The Morgan fingerprint density at radius 3 is 2.48 bits per heavy atom. The highest BCUT2D eigenvalue weighted by molar-refractivity contribution is 7.93. The van der Waals surface area contributed by atoms with E-state index in [1.807, 2.05) is 0 Å². The first-order chi connectivity index (χ1) is 12.9. The van der Waals surface area contributed by atoms with Crippen molar-refractivity contribution in [3.8, 4) is 16.9 Å². The lowest BCUT2D eigenvalue weighted by molar-refractivity contribution is 0.0594. The summed E-state index contributed by atoms with van der Waals surface area (Å²) >= 11 is 0. The average molecular weight is 387 g/mol. The topological polar surface area (TPSA) is 81.5 Å². The number of rotatable bonds is 2. The molecule has 0 N–H and O–H groups in total. The highest BCUT2D eigenvalue weighted by atomic mass is 32.2. The number of fused-ring (bicyclic) bond motifs is 3. The summed E-state index contributed by atoms with van der Waals surface area (Å²) in [5.41, 5.74) is 0.552. The third-order valence-electron chi connectivity index (χ3n) is 4.42. The molecule has 0 unspecified atom stereocenters. The van der Waals surface area contributed by atoms with E-state index in [9.17, 15) is 17.6 Å². The summed E-state index contributed by atoms with van der Waals surface area (Å²) in [6, 6.07) is 12.2. The Labute approximate surface area is 154 Å². The molecule has 1 aromatic heterocycles. The fraction of sp³-hybridized carbons (Fsp3) is 0.111. The normalized spacial score (nSPS) is 14.4. The van der Waals surface area contributed by atoms with Gasteiger partial charge in [0, 0.05) is 12.6 Å². The number of ether oxygens (including phenoxy) is 1. The van der Waals surface area contributed by atoms with Crippen LogP contribution in [-0.2, 0) is 14.8 Å². The van der Waals surface area contributed by atoms with E-state index in [2.05, 4.69) is 5.10 Å². The molecule has 27 heavy (non-hydrogen) atoms. The Morgan fingerprint density at radius 1 is 1.11 bits per heavy atom. The van der Waals surface area contributed by atoms with Gasteiger partial charge >= 0.3 is 5.97 Å². The third kappa shape index (κ3) is 2.35. The maximum Gasteiger partial charge on any atom is 0.360 e. The highest BCUT2D eigenvalue weighted by Crippen LogP contribution is 2.45. The Morgan fingerprint density at radius 2 is 1.78 bits per heavy atom. The van der Waals surface area contributed by atoms with E-state index in [-0.39, 0.29) is 22.0 Å². The minimum Gasteiger partial charge on any atom is -0.464 e. The number of carbonyl (C=O) groups is 1. The van der Waals surface area contributed by atoms with Gasteiger partial charge in [-0.15, -0.1) is 0 Å². The Bertz CT molecular complexity index is 1190. The Balaban J connectivity index is 2.16. The molecular formula is C18H14FN3O4S. The van der Waals surface area contributed by atoms with Gasteiger partial charge in [-0.2, -0.15) is 5.10 Å². The van der Waals surface area contributed by atoms with Crippen molar-refractivity contribution in [1.82, 2.24) is 9.78 Å². The van der Waals surface area contributed by atoms with Gasteiger partial charge in [-0.05, 0) is 18.2 Å². The molecule has 138 valence electrons. The Kier molecular flexibility index (Phi) is 3.77. The number of anilines is 1. The number of methoxy groups -OCH3 is 1. The Hall–Kier alpha value is -3.20. The largest absolute Gasteiger partial charge is 0.464 e. The van der Waals surface area contributed by atoms with Crippen LogP contribution in [0.1, 0.15) is 10.5 Å². The van der Waals surface area contributed by atoms with Gasteiger partial charge in [0.15, 0.2) is 5.69 Å². The number of aromatic nitrogens is 2. The van der Waals surface area contributed by atoms with Crippen LogP contribution in [0.15, 0.2) is 53.4 Å². The van der Waals surface area contributed by atoms with Gasteiger partial charge in [0.1, 0.15) is 22.9 Å². The highest BCUT2D eigenvalue weighted by Gasteiger charge is 2.40. The fourth-order valence-electron chi connectivity index (χ4n) is 3.14. The van der Waals surface area contributed by atoms with E-state index in [0.29, 0.717) is 11.3 Å². The van der Waals surface area contributed by atoms with Crippen molar-refractivity contribution < 1.29 is 22.3 Å². The van der Waals surface area contributed by atoms with Crippen LogP contribution >= 0.6 is 0 Å². The lowest BCUT2D eigenvalue weighted by Gasteiger charge is -2.27. The molecule has 4 rings (SSSR count). The standard InChI is InChI=1S/C18H14FN3O4S/c1-21-17-15(18(23)26-2)20-22(13-9-5-4-8-12(13)19)16(17)11-7-3-6-10-14(11)27(21,24)25/h3-10H,1-2H3. The van der Waals surface area contributed by atoms with Crippen molar-refractivity contribution >= 4 is 21.7 Å². The van der Waals surface area contributed by atoms with Gasteiger partial charge in [0.05, 0.1) is 12.0 Å². The maximum atomic E-state index is 14.5. The molecule has 0 atom stereocenters. The van der Waals surface area contributed by atoms with Crippen molar-refractivity contribution in [1.29, 1.82) is 0 Å². The van der Waals surface area contributed by atoms with Gasteiger partial charge < -0.3 is 4.74 Å². The zero-order chi connectivity index (χ0) is 19.3. The molecule has 0 aliphatic carbocycles. The molecule has 0 amide bonds. The summed E-state index contributed by atoms with van der Waals surface area (Å²) in [5.74, 6) is -1.38. The second-order valence-corrected chi connectivity index (χ2v) is 7.81. The number of carbonyl (C=O) groups excluding carboxylic acids is 1. The van der Waals surface area contributed by atoms with Gasteiger partial charge in [-0.25, -0.2) is 22.3 Å². The molecule has 0 bridgehead atoms. The predicted octanol–water partition coefficient (Wildman–Crippen LogP) is 2.60. The van der Waals surface area contributed by atoms with Gasteiger partial charge in [0.2, 0.25) is 0 Å². The number of benzene rings is 2. The van der Waals surface area contributed by atoms with E-state index in [1.54, 1.807) is 24.3 Å². The zero-order valence-corrected chi connectivity index (χ0v) is 15.2. The first-order valence-corrected chi connectivity index (χ1v) is 9.36. The van der Waals surface area contributed by atoms with E-state index < -0.39 is 21.8 Å². The first-order valence-electron chi connectivity index (χ1n) is 7.92. The summed E-state index contributed by atoms with van der Waals surface area (Å²) in [6.07, 6.45) is 0. The number of esters is 1. The van der Waals surface area contributed by atoms with Crippen LogP contribution in [0.5, 0.6) is 0 Å². The van der Waals surface area contributed by atoms with Crippen LogP contribution in [0.4, 0.5) is 10.1 Å². The molecule has 9 heteroatoms. The molecule has 0 saturated carbocycles. The number of hydrogen-bond donors (Lipinski definition) is 0. The summed E-state index contributed by atoms with van der Waals surface area (Å²) in [7, 11) is -1.41. The maximum absolute atomic E-state index is 14.5. The number of nitrogens with zero attached hydrogens (tertiary/aromatic N) is 3. The minimum atomic E-state index is -3.90. The van der Waals surface area contributed by atoms with Gasteiger partial charge in [-0.3, -0.25) is 4.31 Å². The fourth-order valence-corrected chi connectivity index (χ4v) is 4.54. The summed E-state index contributed by atoms with van der Waals surface area (Å²) in [6.45, 7) is 0. The van der Waals surface area contributed by atoms with E-state index >= 15 is 0 Å². The first kappa shape index (κ1) is 17.2. The van der Waals surface area contributed by atoms with E-state index in [0.717, 1.165) is 4.31 Å². The van der Waals surface area contributed by atoms with Crippen LogP contribution < -0.4 is 4.31 Å². The molecule has 0 radical (unpaired) electrons. The summed E-state index contributed by atoms with van der Waals surface area (Å²) in [5, 5.41) is 4.20. The molecule has 2 aromatic carbocycles. The molecule has 1 aliphatic heterocycles. The molecule has 2 heterocycles. The molecule has 0 saturated heterocycles. The van der Waals surface area contributed by atoms with Crippen molar-refractivity contribution in [3.05, 3.63) is 60.0 Å². The lowest BCUT2D eigenvalue weighted by atomic mass is 10.1. The number of halogens is 1. The summed E-state index contributed by atoms with van der Waals surface area (Å²) < 4.78 is 47.2. The smallest absolute Gasteiger partial charge is 0.360 e. The molecule has 3 aromatic rings. The second kappa shape index (κ2) is 5.92. The van der Waals surface area contributed by atoms with Gasteiger partial charge in [-0.1, -0.05) is 30.3 Å². The lowest BCUT2D eigenvalue weighted by Crippen LogP contribution is -2.31. The average Bonchev–Trinajstić information content (AvgIpc) is 3.06. The number of para-hydroxylation sites is 1. The second-order valence-electron chi connectivity index (χ2n) is 5.87. The third-order valence-corrected chi connectivity index (χ3v) is 6.23. The van der Waals surface area contributed by atoms with Crippen molar-refractivity contribution in [2.45, 2.75) is 4.90 Å². The summed E-state index contributed by atoms with van der Waals surface area (Å²) in [4.78, 5) is 12.3. The van der Waals surface area contributed by atoms with Crippen LogP contribution in [0.25, 0.3) is 16.9 Å². The van der Waals surface area contributed by atoms with Gasteiger partial charge in [0.25, 0.3) is 10.0 Å². The molecule has 1 aliphatic rings. The predicted molar refractivity (Wildman–Crippen MR) is 95.9 cm³/mol. The number of sulfonamides is 1. The number of hydrogen-bond acceptors (Lipinski definition) is 5. The molecule has 7 nitrogen and oxygen atoms in total. The van der Waals surface area contributed by atoms with Crippen LogP contribution in [-0.4, -0.2) is 38.3 Å². The minimum absolute atomic E-state index is 0.0452. The molecule has 0 fully saturated rings. The quantitative estimate of drug-likeness (QED) is 0.632. The van der Waals surface area contributed by atoms with Crippen LogP contribution in [0.3, 0.4) is 0 Å². The van der Waals surface area contributed by atoms with Crippen molar-refractivity contribution in [2.24, 2.45) is 0 Å². The SMILES string of the molecule is COC(=O)c1nn(-c2ccccc2F)c2c1N(C)S(=O)(=O)c1ccccc1-2. The molecule has 0 spiro atoms. The van der Waals surface area contributed by atoms with E-state index in [4.69, 9.17) is 4.74 Å². The molecular weight excluding hydrogens is 373 g/mol. The van der Waals surface area contributed by atoms with E-state index in [1.165, 1.54) is 43.1 Å². The van der Waals surface area contributed by atoms with Crippen LogP contribution in [0.2, 0.25) is 0 Å². The van der Waals surface area contributed by atoms with Crippen molar-refractivity contribution in [3.63, 3.8) is 0 Å². The van der Waals surface area contributed by atoms with Crippen molar-refractivity contribution in [2.75, 3.05) is 18.5 Å². The monoisotopic (exact) mass is 387 g/mol. The van der Waals surface area contributed by atoms with Crippen LogP contribution in [0, 0.1) is 5.82 Å². The zero-order valence-electron chi connectivity index (χ0n) is 14.4.